The second-order valence-corrected chi connectivity index (χ2v) is 7.50. The number of nitrogens with one attached hydrogen (secondary N) is 1. The Balaban J connectivity index is 1.81. The standard InChI is InChI=1S/C18H18Cl2N4OS/c1-12-3-6-14(11-16(12)20)21-18-24(17(25)22-26-18)10-9-23(2)15-7-4-13(19)5-8-15/h3-8,11H,9-10H2,1-2H3,(H,22,25). The minimum Gasteiger partial charge on any atom is -0.373 e. The van der Waals surface area contributed by atoms with Crippen LogP contribution in [0.4, 0.5) is 11.4 Å². The molecule has 1 heterocycles. The summed E-state index contributed by atoms with van der Waals surface area (Å²) >= 11 is 13.3. The minimum atomic E-state index is -0.170. The van der Waals surface area contributed by atoms with Gasteiger partial charge in [-0.3, -0.25) is 8.94 Å². The molecule has 0 aliphatic heterocycles. The predicted molar refractivity (Wildman–Crippen MR) is 109 cm³/mol. The second-order valence-electron chi connectivity index (χ2n) is 5.89. The fourth-order valence-corrected chi connectivity index (χ4v) is 3.43. The highest BCUT2D eigenvalue weighted by molar-refractivity contribution is 7.02. The van der Waals surface area contributed by atoms with Gasteiger partial charge in [-0.2, -0.15) is 0 Å². The van der Waals surface area contributed by atoms with E-state index in [0.717, 1.165) is 16.9 Å². The molecule has 0 radical (unpaired) electrons. The molecule has 136 valence electrons. The summed E-state index contributed by atoms with van der Waals surface area (Å²) in [4.78, 5) is 19.4. The number of aromatic nitrogens is 2. The average Bonchev–Trinajstić information content (AvgIpc) is 2.96. The summed E-state index contributed by atoms with van der Waals surface area (Å²) < 4.78 is 4.37. The van der Waals surface area contributed by atoms with E-state index >= 15 is 0 Å². The van der Waals surface area contributed by atoms with Gasteiger partial charge >= 0.3 is 5.69 Å². The van der Waals surface area contributed by atoms with Crippen LogP contribution in [0.2, 0.25) is 10.0 Å². The highest BCUT2D eigenvalue weighted by Crippen LogP contribution is 2.21. The number of hydrogen-bond donors (Lipinski definition) is 1. The highest BCUT2D eigenvalue weighted by Gasteiger charge is 2.06. The van der Waals surface area contributed by atoms with Crippen LogP contribution in [0.15, 0.2) is 52.3 Å². The van der Waals surface area contributed by atoms with E-state index in [4.69, 9.17) is 23.2 Å². The van der Waals surface area contributed by atoms with Crippen LogP contribution in [-0.2, 0) is 6.54 Å². The number of nitrogens with zero attached hydrogens (tertiary/aromatic N) is 3. The van der Waals surface area contributed by atoms with Crippen molar-refractivity contribution in [1.29, 1.82) is 0 Å². The number of aromatic amines is 1. The number of H-pyrrole nitrogens is 1. The van der Waals surface area contributed by atoms with E-state index in [-0.39, 0.29) is 5.69 Å². The highest BCUT2D eigenvalue weighted by atomic mass is 35.5. The Labute approximate surface area is 165 Å². The maximum absolute atomic E-state index is 12.1. The Morgan fingerprint density at radius 2 is 1.92 bits per heavy atom. The van der Waals surface area contributed by atoms with Gasteiger partial charge in [-0.15, -0.1) is 0 Å². The zero-order valence-electron chi connectivity index (χ0n) is 14.4. The van der Waals surface area contributed by atoms with Gasteiger partial charge in [-0.25, -0.2) is 9.79 Å². The minimum absolute atomic E-state index is 0.170. The smallest absolute Gasteiger partial charge is 0.337 e. The number of benzene rings is 2. The molecule has 0 fully saturated rings. The molecular weight excluding hydrogens is 391 g/mol. The Morgan fingerprint density at radius 3 is 2.62 bits per heavy atom. The van der Waals surface area contributed by atoms with Gasteiger partial charge in [0.1, 0.15) is 0 Å². The molecule has 0 spiro atoms. The summed E-state index contributed by atoms with van der Waals surface area (Å²) in [5.41, 5.74) is 2.57. The first kappa shape index (κ1) is 18.8. The molecule has 0 saturated carbocycles. The lowest BCUT2D eigenvalue weighted by Gasteiger charge is -2.19. The van der Waals surface area contributed by atoms with Crippen LogP contribution in [0.3, 0.4) is 0 Å². The molecule has 0 atom stereocenters. The van der Waals surface area contributed by atoms with Gasteiger partial charge in [0.15, 0.2) is 0 Å². The van der Waals surface area contributed by atoms with Crippen LogP contribution >= 0.6 is 34.7 Å². The van der Waals surface area contributed by atoms with Crippen molar-refractivity contribution in [2.45, 2.75) is 13.5 Å². The first-order valence-electron chi connectivity index (χ1n) is 8.00. The molecule has 0 aliphatic rings. The summed E-state index contributed by atoms with van der Waals surface area (Å²) in [5.74, 6) is 0. The fraction of sp³-hybridized carbons (Fsp3) is 0.222. The number of anilines is 1. The first-order valence-corrected chi connectivity index (χ1v) is 9.57. The predicted octanol–water partition coefficient (Wildman–Crippen LogP) is 4.22. The number of aryl methyl sites for hydroxylation is 1. The van der Waals surface area contributed by atoms with Crippen molar-refractivity contribution in [2.75, 3.05) is 18.5 Å². The molecule has 3 rings (SSSR count). The van der Waals surface area contributed by atoms with E-state index in [1.54, 1.807) is 10.6 Å². The monoisotopic (exact) mass is 408 g/mol. The summed E-state index contributed by atoms with van der Waals surface area (Å²) in [5, 5.41) is 1.35. The average molecular weight is 409 g/mol. The molecule has 1 N–H and O–H groups in total. The lowest BCUT2D eigenvalue weighted by Crippen LogP contribution is -2.32. The van der Waals surface area contributed by atoms with Crippen LogP contribution in [0.25, 0.3) is 0 Å². The number of halogens is 2. The van der Waals surface area contributed by atoms with Crippen molar-refractivity contribution in [3.05, 3.63) is 73.4 Å². The third-order valence-corrected chi connectivity index (χ3v) is 5.44. The van der Waals surface area contributed by atoms with Crippen molar-refractivity contribution >= 4 is 46.1 Å². The van der Waals surface area contributed by atoms with Gasteiger partial charge in [-0.1, -0.05) is 29.3 Å². The SMILES string of the molecule is Cc1ccc(N=c2s[nH]c(=O)n2CCN(C)c2ccc(Cl)cc2)cc1Cl. The number of hydrogen-bond acceptors (Lipinski definition) is 4. The van der Waals surface area contributed by atoms with E-state index in [0.29, 0.717) is 27.9 Å². The van der Waals surface area contributed by atoms with Crippen molar-refractivity contribution in [2.24, 2.45) is 4.99 Å². The zero-order valence-corrected chi connectivity index (χ0v) is 16.7. The molecule has 0 aliphatic carbocycles. The Morgan fingerprint density at radius 1 is 1.19 bits per heavy atom. The third-order valence-electron chi connectivity index (χ3n) is 4.01. The van der Waals surface area contributed by atoms with Gasteiger partial charge in [0.25, 0.3) is 0 Å². The van der Waals surface area contributed by atoms with Crippen LogP contribution in [0.5, 0.6) is 0 Å². The molecule has 8 heteroatoms. The molecule has 0 saturated heterocycles. The zero-order chi connectivity index (χ0) is 18.7. The Bertz CT molecular complexity index is 1020. The molecule has 0 amide bonds. The van der Waals surface area contributed by atoms with Gasteiger partial charge in [0, 0.05) is 35.9 Å². The van der Waals surface area contributed by atoms with Crippen molar-refractivity contribution < 1.29 is 0 Å². The topological polar surface area (TPSA) is 53.4 Å². The summed E-state index contributed by atoms with van der Waals surface area (Å²) in [6, 6.07) is 13.2. The van der Waals surface area contributed by atoms with Crippen molar-refractivity contribution in [3.8, 4) is 0 Å². The van der Waals surface area contributed by atoms with Crippen LogP contribution in [0, 0.1) is 6.92 Å². The molecule has 5 nitrogen and oxygen atoms in total. The van der Waals surface area contributed by atoms with Crippen molar-refractivity contribution in [3.63, 3.8) is 0 Å². The molecule has 0 unspecified atom stereocenters. The lowest BCUT2D eigenvalue weighted by atomic mass is 10.2. The molecule has 2 aromatic carbocycles. The first-order chi connectivity index (χ1) is 12.4. The van der Waals surface area contributed by atoms with Crippen molar-refractivity contribution in [1.82, 2.24) is 8.94 Å². The van der Waals surface area contributed by atoms with E-state index in [1.165, 1.54) is 11.5 Å². The number of likely N-dealkylation sites (N-methyl/N-ethyl adjacent to an activating group) is 1. The van der Waals surface area contributed by atoms with Crippen LogP contribution in [-0.4, -0.2) is 22.5 Å². The van der Waals surface area contributed by atoms with Gasteiger partial charge in [0.05, 0.1) is 5.69 Å². The third kappa shape index (κ3) is 4.38. The fourth-order valence-electron chi connectivity index (χ4n) is 2.40. The van der Waals surface area contributed by atoms with Gasteiger partial charge in [-0.05, 0) is 60.4 Å². The molecular formula is C18H18Cl2N4OS. The van der Waals surface area contributed by atoms with Gasteiger partial charge < -0.3 is 4.90 Å². The molecule has 3 aromatic rings. The van der Waals surface area contributed by atoms with E-state index in [2.05, 4.69) is 14.3 Å². The Kier molecular flexibility index (Phi) is 5.86. The normalized spacial score (nSPS) is 11.8. The maximum Gasteiger partial charge on any atom is 0.337 e. The lowest BCUT2D eigenvalue weighted by molar-refractivity contribution is 0.641. The maximum atomic E-state index is 12.1. The Hall–Kier alpha value is -2.02. The summed E-state index contributed by atoms with van der Waals surface area (Å²) in [6.07, 6.45) is 0. The summed E-state index contributed by atoms with van der Waals surface area (Å²) in [7, 11) is 1.97. The quantitative estimate of drug-likeness (QED) is 0.686. The second kappa shape index (κ2) is 8.12. The van der Waals surface area contributed by atoms with E-state index < -0.39 is 0 Å². The van der Waals surface area contributed by atoms with Gasteiger partial charge in [0.2, 0.25) is 4.80 Å². The molecule has 0 bridgehead atoms. The largest absolute Gasteiger partial charge is 0.373 e. The van der Waals surface area contributed by atoms with Crippen LogP contribution in [0.1, 0.15) is 5.56 Å². The van der Waals surface area contributed by atoms with E-state index in [1.807, 2.05) is 50.4 Å². The van der Waals surface area contributed by atoms with E-state index in [9.17, 15) is 4.79 Å². The number of rotatable bonds is 5. The molecule has 26 heavy (non-hydrogen) atoms. The van der Waals surface area contributed by atoms with Crippen LogP contribution < -0.4 is 15.4 Å². The summed E-state index contributed by atoms with van der Waals surface area (Å²) in [6.45, 7) is 3.10. The molecule has 1 aromatic heterocycles.